The first kappa shape index (κ1) is 37.2. The van der Waals surface area contributed by atoms with E-state index in [2.05, 4.69) is 60.5 Å². The summed E-state index contributed by atoms with van der Waals surface area (Å²) in [6, 6.07) is 13.7. The molecule has 0 aromatic heterocycles. The minimum atomic E-state index is -3.78. The Hall–Kier alpha value is -1.95. The summed E-state index contributed by atoms with van der Waals surface area (Å²) in [6.45, 7) is 13.8. The van der Waals surface area contributed by atoms with Crippen LogP contribution in [0.3, 0.4) is 0 Å². The van der Waals surface area contributed by atoms with Crippen LogP contribution in [0, 0.1) is 0 Å². The van der Waals surface area contributed by atoms with Gasteiger partial charge >= 0.3 is 0 Å². The lowest BCUT2D eigenvalue weighted by atomic mass is 10.1. The van der Waals surface area contributed by atoms with Crippen molar-refractivity contribution in [2.45, 2.75) is 57.5 Å². The van der Waals surface area contributed by atoms with E-state index in [4.69, 9.17) is 18.9 Å². The molecule has 1 amide bonds. The number of hydrogen-bond donors (Lipinski definition) is 2. The normalized spacial score (nSPS) is 13.0. The number of hydrogen-bond acceptors (Lipinski definition) is 8. The molecule has 0 saturated carbocycles. The topological polar surface area (TPSA) is 124 Å². The second-order valence-electron chi connectivity index (χ2n) is 12.7. The van der Waals surface area contributed by atoms with Crippen molar-refractivity contribution in [2.75, 3.05) is 50.5 Å². The number of ether oxygens (including phenoxy) is 4. The SMILES string of the molecule is C[Si](C)(C)CCOCOc1ccc(C(O)CNC(=O)COc2ccc(Br)cc2)cc1N(COCC[Si](C)(C)C)S(C)(=O)=O. The Balaban J connectivity index is 2.16. The van der Waals surface area contributed by atoms with Crippen LogP contribution in [-0.2, 0) is 24.3 Å². The van der Waals surface area contributed by atoms with E-state index in [-0.39, 0.29) is 38.1 Å². The third kappa shape index (κ3) is 15.1. The van der Waals surface area contributed by atoms with Crippen molar-refractivity contribution >= 4 is 53.7 Å². The molecule has 0 fully saturated rings. The molecule has 43 heavy (non-hydrogen) atoms. The first-order chi connectivity index (χ1) is 19.9. The fourth-order valence-corrected chi connectivity index (χ4v) is 6.07. The minimum Gasteiger partial charge on any atom is -0.484 e. The predicted molar refractivity (Wildman–Crippen MR) is 180 cm³/mol. The number of aliphatic hydroxyl groups excluding tert-OH is 1. The van der Waals surface area contributed by atoms with Crippen molar-refractivity contribution in [3.8, 4) is 11.5 Å². The van der Waals surface area contributed by atoms with E-state index >= 15 is 0 Å². The van der Waals surface area contributed by atoms with Crippen LogP contribution in [0.4, 0.5) is 5.69 Å². The molecule has 0 spiro atoms. The molecule has 1 unspecified atom stereocenters. The van der Waals surface area contributed by atoms with E-state index < -0.39 is 38.2 Å². The van der Waals surface area contributed by atoms with Gasteiger partial charge in [0.25, 0.3) is 5.91 Å². The Morgan fingerprint density at radius 3 is 2.14 bits per heavy atom. The molecule has 10 nitrogen and oxygen atoms in total. The van der Waals surface area contributed by atoms with Crippen LogP contribution < -0.4 is 19.1 Å². The van der Waals surface area contributed by atoms with Gasteiger partial charge in [0.05, 0.1) is 18.0 Å². The molecule has 242 valence electrons. The van der Waals surface area contributed by atoms with Crippen molar-refractivity contribution in [3.05, 3.63) is 52.5 Å². The molecule has 2 rings (SSSR count). The summed E-state index contributed by atoms with van der Waals surface area (Å²) in [4.78, 5) is 12.3. The molecule has 2 N–H and O–H groups in total. The van der Waals surface area contributed by atoms with E-state index in [9.17, 15) is 18.3 Å². The average molecular weight is 720 g/mol. The van der Waals surface area contributed by atoms with Gasteiger partial charge in [-0.05, 0) is 54.0 Å². The van der Waals surface area contributed by atoms with Crippen LogP contribution in [-0.4, -0.2) is 81.7 Å². The molecule has 0 radical (unpaired) electrons. The maximum absolute atomic E-state index is 12.9. The monoisotopic (exact) mass is 718 g/mol. The van der Waals surface area contributed by atoms with Crippen LogP contribution in [0.15, 0.2) is 46.9 Å². The van der Waals surface area contributed by atoms with Crippen molar-refractivity contribution in [2.24, 2.45) is 0 Å². The van der Waals surface area contributed by atoms with Gasteiger partial charge in [0.2, 0.25) is 10.0 Å². The lowest BCUT2D eigenvalue weighted by Gasteiger charge is -2.26. The summed E-state index contributed by atoms with van der Waals surface area (Å²) in [7, 11) is -6.45. The summed E-state index contributed by atoms with van der Waals surface area (Å²) in [5, 5.41) is 13.5. The number of carbonyl (C=O) groups excluding carboxylic acids is 1. The fraction of sp³-hybridized carbons (Fsp3) is 0.552. The summed E-state index contributed by atoms with van der Waals surface area (Å²) in [5.41, 5.74) is 0.609. The van der Waals surface area contributed by atoms with E-state index in [1.54, 1.807) is 36.4 Å². The maximum atomic E-state index is 12.9. The Morgan fingerprint density at radius 2 is 1.56 bits per heavy atom. The Morgan fingerprint density at radius 1 is 0.953 bits per heavy atom. The fourth-order valence-electron chi connectivity index (χ4n) is 3.53. The van der Waals surface area contributed by atoms with Gasteiger partial charge < -0.3 is 29.4 Å². The van der Waals surface area contributed by atoms with Crippen molar-refractivity contribution in [3.63, 3.8) is 0 Å². The number of benzene rings is 2. The summed E-state index contributed by atoms with van der Waals surface area (Å²) in [5.74, 6) is 0.401. The number of carbonyl (C=O) groups is 1. The van der Waals surface area contributed by atoms with E-state index in [1.165, 1.54) is 6.07 Å². The van der Waals surface area contributed by atoms with Gasteiger partial charge in [-0.25, -0.2) is 12.7 Å². The van der Waals surface area contributed by atoms with Crippen LogP contribution in [0.1, 0.15) is 11.7 Å². The number of anilines is 1. The zero-order chi connectivity index (χ0) is 32.3. The molecule has 2 aromatic rings. The number of halogens is 1. The van der Waals surface area contributed by atoms with Crippen LogP contribution in [0.2, 0.25) is 51.4 Å². The van der Waals surface area contributed by atoms with Crippen LogP contribution in [0.5, 0.6) is 11.5 Å². The second-order valence-corrected chi connectivity index (χ2v) is 26.8. The van der Waals surface area contributed by atoms with Crippen molar-refractivity contribution < 1.29 is 37.3 Å². The van der Waals surface area contributed by atoms with Crippen LogP contribution in [0.25, 0.3) is 0 Å². The van der Waals surface area contributed by atoms with Gasteiger partial charge in [0.1, 0.15) is 18.2 Å². The first-order valence-corrected chi connectivity index (χ1v) is 24.2. The number of sulfonamides is 1. The van der Waals surface area contributed by atoms with Gasteiger partial charge in [0, 0.05) is 40.4 Å². The Labute approximate surface area is 267 Å². The molecule has 14 heteroatoms. The zero-order valence-electron chi connectivity index (χ0n) is 26.3. The predicted octanol–water partition coefficient (Wildman–Crippen LogP) is 5.45. The average Bonchev–Trinajstić information content (AvgIpc) is 2.89. The molecule has 1 atom stereocenters. The number of aliphatic hydroxyl groups is 1. The Kier molecular flexibility index (Phi) is 14.7. The van der Waals surface area contributed by atoms with Gasteiger partial charge in [-0.15, -0.1) is 0 Å². The van der Waals surface area contributed by atoms with Gasteiger partial charge in [-0.3, -0.25) is 4.79 Å². The largest absolute Gasteiger partial charge is 0.484 e. The highest BCUT2D eigenvalue weighted by Crippen LogP contribution is 2.33. The third-order valence-electron chi connectivity index (χ3n) is 6.21. The van der Waals surface area contributed by atoms with Crippen molar-refractivity contribution in [1.29, 1.82) is 0 Å². The highest BCUT2D eigenvalue weighted by molar-refractivity contribution is 9.10. The lowest BCUT2D eigenvalue weighted by molar-refractivity contribution is -0.123. The first-order valence-electron chi connectivity index (χ1n) is 14.2. The summed E-state index contributed by atoms with van der Waals surface area (Å²) >= 11 is 3.35. The summed E-state index contributed by atoms with van der Waals surface area (Å²) < 4.78 is 50.6. The van der Waals surface area contributed by atoms with Gasteiger partial charge in [-0.1, -0.05) is 61.3 Å². The van der Waals surface area contributed by atoms with E-state index in [0.717, 1.165) is 27.1 Å². The number of rotatable bonds is 19. The third-order valence-corrected chi connectivity index (χ3v) is 11.3. The smallest absolute Gasteiger partial charge is 0.258 e. The molecule has 0 bridgehead atoms. The molecular weight excluding hydrogens is 672 g/mol. The molecule has 0 aliphatic heterocycles. The van der Waals surface area contributed by atoms with E-state index in [0.29, 0.717) is 24.5 Å². The molecular formula is C29H47BrN2O8SSi2. The second kappa shape index (κ2) is 16.9. The number of nitrogens with zero attached hydrogens (tertiary/aromatic N) is 1. The molecule has 0 aliphatic carbocycles. The van der Waals surface area contributed by atoms with Crippen LogP contribution >= 0.6 is 15.9 Å². The minimum absolute atomic E-state index is 0.0537. The van der Waals surface area contributed by atoms with Gasteiger partial charge in [-0.2, -0.15) is 0 Å². The van der Waals surface area contributed by atoms with Gasteiger partial charge in [0.15, 0.2) is 13.4 Å². The van der Waals surface area contributed by atoms with Crippen molar-refractivity contribution in [1.82, 2.24) is 5.32 Å². The lowest BCUT2D eigenvalue weighted by Crippen LogP contribution is -2.34. The number of amides is 1. The summed E-state index contributed by atoms with van der Waals surface area (Å²) in [6.07, 6.45) is -0.0237. The molecule has 0 saturated heterocycles. The zero-order valence-corrected chi connectivity index (χ0v) is 30.7. The molecule has 0 aliphatic rings. The van der Waals surface area contributed by atoms with E-state index in [1.807, 2.05) is 0 Å². The molecule has 0 heterocycles. The number of nitrogens with one attached hydrogen (secondary N) is 1. The quantitative estimate of drug-likeness (QED) is 0.112. The molecule has 2 aromatic carbocycles. The Bertz CT molecular complexity index is 1270. The highest BCUT2D eigenvalue weighted by atomic mass is 79.9. The highest BCUT2D eigenvalue weighted by Gasteiger charge is 2.24. The maximum Gasteiger partial charge on any atom is 0.258 e. The standard InChI is InChI=1S/C29H47BrN2O8SSi2/c1-41(35,36)32(21-37-14-16-42(2,3)4)26-18-23(8-13-28(26)40-22-38-15-17-43(5,6)7)27(33)19-31-29(34)20-39-25-11-9-24(30)10-12-25/h8-13,18,27,33H,14-17,19-22H2,1-7H3,(H,31,34).